The van der Waals surface area contributed by atoms with Gasteiger partial charge in [-0.1, -0.05) is 6.92 Å². The molecule has 0 aliphatic carbocycles. The number of anilines is 1. The van der Waals surface area contributed by atoms with Gasteiger partial charge in [-0.25, -0.2) is 4.98 Å². The number of hydrogen-bond acceptors (Lipinski definition) is 3. The summed E-state index contributed by atoms with van der Waals surface area (Å²) in [6, 6.07) is 2.25. The Morgan fingerprint density at radius 2 is 1.94 bits per heavy atom. The van der Waals surface area contributed by atoms with Crippen molar-refractivity contribution in [2.45, 2.75) is 40.2 Å². The zero-order valence-corrected chi connectivity index (χ0v) is 10.8. The maximum absolute atomic E-state index is 6.03. The van der Waals surface area contributed by atoms with E-state index in [4.69, 9.17) is 5.73 Å². The monoisotopic (exact) mass is 221 g/mol. The van der Waals surface area contributed by atoms with Crippen LogP contribution in [0.5, 0.6) is 0 Å². The second-order valence-electron chi connectivity index (χ2n) is 4.09. The smallest absolute Gasteiger partial charge is 0.128 e. The van der Waals surface area contributed by atoms with Crippen molar-refractivity contribution in [3.05, 3.63) is 23.4 Å². The second kappa shape index (κ2) is 5.85. The Bertz CT molecular complexity index is 332. The zero-order chi connectivity index (χ0) is 12.1. The molecule has 0 fully saturated rings. The van der Waals surface area contributed by atoms with E-state index in [-0.39, 0.29) is 6.04 Å². The van der Waals surface area contributed by atoms with E-state index in [1.165, 1.54) is 11.1 Å². The summed E-state index contributed by atoms with van der Waals surface area (Å²) in [5.41, 5.74) is 8.44. The van der Waals surface area contributed by atoms with Crippen LogP contribution in [0.4, 0.5) is 5.82 Å². The second-order valence-corrected chi connectivity index (χ2v) is 4.09. The summed E-state index contributed by atoms with van der Waals surface area (Å²) in [5, 5.41) is 0. The van der Waals surface area contributed by atoms with E-state index in [1.54, 1.807) is 0 Å². The fraction of sp³-hybridized carbons (Fsp3) is 0.615. The van der Waals surface area contributed by atoms with Gasteiger partial charge in [-0.05, 0) is 44.4 Å². The highest BCUT2D eigenvalue weighted by molar-refractivity contribution is 5.43. The van der Waals surface area contributed by atoms with Crippen LogP contribution in [0, 0.1) is 6.92 Å². The van der Waals surface area contributed by atoms with Crippen LogP contribution in [0.25, 0.3) is 0 Å². The van der Waals surface area contributed by atoms with Crippen molar-refractivity contribution in [1.29, 1.82) is 0 Å². The molecule has 0 amide bonds. The van der Waals surface area contributed by atoms with Gasteiger partial charge in [0.2, 0.25) is 0 Å². The molecule has 3 nitrogen and oxygen atoms in total. The molecule has 1 rings (SSSR count). The number of hydrogen-bond donors (Lipinski definition) is 1. The van der Waals surface area contributed by atoms with Gasteiger partial charge in [-0.2, -0.15) is 0 Å². The fourth-order valence-corrected chi connectivity index (χ4v) is 1.88. The van der Waals surface area contributed by atoms with Crippen LogP contribution in [0.15, 0.2) is 12.3 Å². The largest absolute Gasteiger partial charge is 0.357 e. The molecule has 0 saturated heterocycles. The number of nitrogens with two attached hydrogens (primary N) is 1. The lowest BCUT2D eigenvalue weighted by Crippen LogP contribution is -2.23. The first-order valence-corrected chi connectivity index (χ1v) is 6.11. The van der Waals surface area contributed by atoms with Gasteiger partial charge in [-0.3, -0.25) is 0 Å². The number of nitrogens with zero attached hydrogens (tertiary/aromatic N) is 2. The Labute approximate surface area is 98.7 Å². The van der Waals surface area contributed by atoms with Crippen molar-refractivity contribution in [2.75, 3.05) is 18.0 Å². The van der Waals surface area contributed by atoms with Gasteiger partial charge in [-0.15, -0.1) is 0 Å². The van der Waals surface area contributed by atoms with E-state index >= 15 is 0 Å². The Balaban J connectivity index is 2.98. The molecular weight excluding hydrogens is 198 g/mol. The summed E-state index contributed by atoms with van der Waals surface area (Å²) in [5.74, 6) is 1.05. The summed E-state index contributed by atoms with van der Waals surface area (Å²) >= 11 is 0. The SMILES string of the molecule is CC[C@@H](N)c1cnc(N(CC)CC)cc1C. The third-order valence-electron chi connectivity index (χ3n) is 3.06. The summed E-state index contributed by atoms with van der Waals surface area (Å²) in [7, 11) is 0. The summed E-state index contributed by atoms with van der Waals surface area (Å²) in [4.78, 5) is 6.74. The molecule has 1 aromatic heterocycles. The van der Waals surface area contributed by atoms with Crippen molar-refractivity contribution in [1.82, 2.24) is 4.98 Å². The molecule has 0 bridgehead atoms. The predicted molar refractivity (Wildman–Crippen MR) is 69.8 cm³/mol. The molecule has 0 saturated carbocycles. The van der Waals surface area contributed by atoms with E-state index in [1.807, 2.05) is 6.20 Å². The van der Waals surface area contributed by atoms with Crippen molar-refractivity contribution < 1.29 is 0 Å². The number of rotatable bonds is 5. The number of aromatic nitrogens is 1. The van der Waals surface area contributed by atoms with Gasteiger partial charge >= 0.3 is 0 Å². The third-order valence-corrected chi connectivity index (χ3v) is 3.06. The van der Waals surface area contributed by atoms with Gasteiger partial charge in [0.05, 0.1) is 0 Å². The minimum atomic E-state index is 0.109. The van der Waals surface area contributed by atoms with E-state index in [0.29, 0.717) is 0 Å². The van der Waals surface area contributed by atoms with Crippen LogP contribution in [-0.2, 0) is 0 Å². The fourth-order valence-electron chi connectivity index (χ4n) is 1.88. The third kappa shape index (κ3) is 2.73. The van der Waals surface area contributed by atoms with E-state index in [0.717, 1.165) is 25.3 Å². The molecule has 0 aromatic carbocycles. The van der Waals surface area contributed by atoms with Crippen molar-refractivity contribution in [3.8, 4) is 0 Å². The van der Waals surface area contributed by atoms with Crippen LogP contribution in [-0.4, -0.2) is 18.1 Å². The number of pyridine rings is 1. The number of aryl methyl sites for hydroxylation is 1. The quantitative estimate of drug-likeness (QED) is 0.831. The normalized spacial score (nSPS) is 12.6. The molecular formula is C13H23N3. The highest BCUT2D eigenvalue weighted by Gasteiger charge is 2.10. The standard InChI is InChI=1S/C13H23N3/c1-5-12(14)11-9-15-13(8-10(11)4)16(6-2)7-3/h8-9,12H,5-7,14H2,1-4H3/t12-/m1/s1. The van der Waals surface area contributed by atoms with Crippen molar-refractivity contribution in [2.24, 2.45) is 5.73 Å². The lowest BCUT2D eigenvalue weighted by Gasteiger charge is -2.21. The zero-order valence-electron chi connectivity index (χ0n) is 10.8. The van der Waals surface area contributed by atoms with Crippen molar-refractivity contribution in [3.63, 3.8) is 0 Å². The molecule has 0 aliphatic heterocycles. The Hall–Kier alpha value is -1.09. The lowest BCUT2D eigenvalue weighted by molar-refractivity contribution is 0.689. The molecule has 3 heteroatoms. The first kappa shape index (κ1) is 13.0. The summed E-state index contributed by atoms with van der Waals surface area (Å²) < 4.78 is 0. The molecule has 0 radical (unpaired) electrons. The van der Waals surface area contributed by atoms with E-state index in [2.05, 4.69) is 43.6 Å². The van der Waals surface area contributed by atoms with Crippen LogP contribution in [0.1, 0.15) is 44.4 Å². The van der Waals surface area contributed by atoms with Crippen LogP contribution < -0.4 is 10.6 Å². The minimum Gasteiger partial charge on any atom is -0.357 e. The van der Waals surface area contributed by atoms with E-state index in [9.17, 15) is 0 Å². The molecule has 2 N–H and O–H groups in total. The van der Waals surface area contributed by atoms with Gasteiger partial charge < -0.3 is 10.6 Å². The minimum absolute atomic E-state index is 0.109. The predicted octanol–water partition coefficient (Wildman–Crippen LogP) is 2.65. The van der Waals surface area contributed by atoms with Crippen molar-refractivity contribution >= 4 is 5.82 Å². The molecule has 90 valence electrons. The van der Waals surface area contributed by atoms with E-state index < -0.39 is 0 Å². The first-order valence-electron chi connectivity index (χ1n) is 6.11. The Kier molecular flexibility index (Phi) is 4.74. The van der Waals surface area contributed by atoms with Crippen LogP contribution in [0.3, 0.4) is 0 Å². The van der Waals surface area contributed by atoms with Gasteiger partial charge in [0, 0.05) is 25.3 Å². The molecule has 1 atom stereocenters. The van der Waals surface area contributed by atoms with Gasteiger partial charge in [0.25, 0.3) is 0 Å². The maximum atomic E-state index is 6.03. The van der Waals surface area contributed by atoms with Crippen LogP contribution >= 0.6 is 0 Å². The maximum Gasteiger partial charge on any atom is 0.128 e. The molecule has 0 aliphatic rings. The molecule has 1 heterocycles. The van der Waals surface area contributed by atoms with Crippen LogP contribution in [0.2, 0.25) is 0 Å². The average Bonchev–Trinajstić information content (AvgIpc) is 2.30. The highest BCUT2D eigenvalue weighted by atomic mass is 15.2. The Morgan fingerprint density at radius 1 is 1.31 bits per heavy atom. The molecule has 0 unspecified atom stereocenters. The highest BCUT2D eigenvalue weighted by Crippen LogP contribution is 2.21. The summed E-state index contributed by atoms with van der Waals surface area (Å²) in [6.45, 7) is 10.5. The summed E-state index contributed by atoms with van der Waals surface area (Å²) in [6.07, 6.45) is 2.88. The molecule has 16 heavy (non-hydrogen) atoms. The average molecular weight is 221 g/mol. The van der Waals surface area contributed by atoms with Gasteiger partial charge in [0.1, 0.15) is 5.82 Å². The topological polar surface area (TPSA) is 42.1 Å². The molecule has 0 spiro atoms. The molecule has 1 aromatic rings. The lowest BCUT2D eigenvalue weighted by atomic mass is 10.0. The first-order chi connectivity index (χ1) is 7.63. The Morgan fingerprint density at radius 3 is 2.38 bits per heavy atom. The van der Waals surface area contributed by atoms with Gasteiger partial charge in [0.15, 0.2) is 0 Å².